The fourth-order valence-electron chi connectivity index (χ4n) is 11.1. The number of ether oxygens (including phenoxy) is 3. The van der Waals surface area contributed by atoms with E-state index in [9.17, 15) is 48.6 Å². The average molecular weight is 1110 g/mol. The van der Waals surface area contributed by atoms with E-state index in [-0.39, 0.29) is 63.6 Å². The number of rotatable bonds is 13. The summed E-state index contributed by atoms with van der Waals surface area (Å²) < 4.78 is 17.4. The Morgan fingerprint density at radius 2 is 1.51 bits per heavy atom. The number of carbonyl (C=O) groups is 10. The molecule has 3 fully saturated rings. The number of ketones is 1. The maximum absolute atomic E-state index is 15.2. The van der Waals surface area contributed by atoms with Gasteiger partial charge in [0.2, 0.25) is 35.4 Å². The first-order chi connectivity index (χ1) is 37.1. The highest BCUT2D eigenvalue weighted by molar-refractivity contribution is 6.05. The van der Waals surface area contributed by atoms with E-state index in [0.717, 1.165) is 0 Å². The molecule has 0 bridgehead atoms. The van der Waals surface area contributed by atoms with Crippen molar-refractivity contribution in [1.82, 2.24) is 35.6 Å². The van der Waals surface area contributed by atoms with Crippen LogP contribution in [0, 0.1) is 29.6 Å². The van der Waals surface area contributed by atoms with E-state index in [1.54, 1.807) is 45.9 Å². The van der Waals surface area contributed by atoms with E-state index in [0.29, 0.717) is 36.1 Å². The van der Waals surface area contributed by atoms with Gasteiger partial charge in [0.25, 0.3) is 5.91 Å². The Hall–Kier alpha value is -6.16. The fourth-order valence-corrected chi connectivity index (χ4v) is 11.1. The summed E-state index contributed by atoms with van der Waals surface area (Å²) in [6.45, 7) is 18.4. The van der Waals surface area contributed by atoms with Crippen LogP contribution in [0.4, 0.5) is 0 Å². The summed E-state index contributed by atoms with van der Waals surface area (Å²) in [5.41, 5.74) is 1.35. The van der Waals surface area contributed by atoms with Crippen LogP contribution >= 0.6 is 0 Å². The van der Waals surface area contributed by atoms with Gasteiger partial charge in [-0.3, -0.25) is 43.2 Å². The van der Waals surface area contributed by atoms with Crippen molar-refractivity contribution in [3.8, 4) is 5.75 Å². The van der Waals surface area contributed by atoms with Gasteiger partial charge in [-0.15, -0.1) is 0 Å². The molecule has 1 aromatic rings. The van der Waals surface area contributed by atoms with E-state index < -0.39 is 150 Å². The molecule has 5 rings (SSSR count). The molecule has 4 aliphatic rings. The van der Waals surface area contributed by atoms with E-state index in [1.165, 1.54) is 54.5 Å². The summed E-state index contributed by atoms with van der Waals surface area (Å²) >= 11 is 0. The lowest BCUT2D eigenvalue weighted by Crippen LogP contribution is -2.62. The first kappa shape index (κ1) is 63.7. The Morgan fingerprint density at radius 3 is 2.11 bits per heavy atom. The van der Waals surface area contributed by atoms with Gasteiger partial charge in [0.1, 0.15) is 54.2 Å². The summed E-state index contributed by atoms with van der Waals surface area (Å²) in [5.74, 6) is -10.1. The van der Waals surface area contributed by atoms with E-state index in [4.69, 9.17) is 14.2 Å². The molecule has 3 saturated heterocycles. The highest BCUT2D eigenvalue weighted by Gasteiger charge is 2.47. The quantitative estimate of drug-likeness (QED) is 0.140. The predicted octanol–water partition coefficient (Wildman–Crippen LogP) is 2.20. The molecule has 4 aliphatic heterocycles. The van der Waals surface area contributed by atoms with Gasteiger partial charge in [-0.25, -0.2) is 4.79 Å². The highest BCUT2D eigenvalue weighted by Crippen LogP contribution is 2.32. The lowest BCUT2D eigenvalue weighted by Gasteiger charge is -2.40. The van der Waals surface area contributed by atoms with Crippen LogP contribution in [-0.4, -0.2) is 183 Å². The SMILES string of the molecule is CC[C@H](C)[C@H]1NC(=O)[C@@H](NC(=O)[C@@H](CC(C)C)N(C)C(=O)[C@@H]2CCCN2C(=O)[C@H](C)O)[C@@H](C)OC(=O)[C@@H]2Cc3ccc(OC)cc3CN2C(=O)[C@@H]2CCCN2C(=O)[C@@H](CC(C)C)NC(=O)[C@H](C)C(=O)[C@H](C(C)C)OC(=O)C[C@H]1O. The standard InChI is InChI=1S/C57H87N7O15/c1-14-32(8)46-44(66)27-45(67)79-49(31(6)7)48(68)33(9)50(69)58-39(23-29(2)3)54(73)63-22-16-18-41(63)56(75)64-28-37-25-38(77-13)20-19-36(37)26-43(64)57(76)78-35(11)47(52(71)59-46)60-51(70)42(24-30(4)5)61(12)55(74)40-17-15-21-62(40)53(72)34(10)65/h19-20,25,29-35,39-44,46-47,49,65-66H,14-18,21-24,26-28H2,1-13H3,(H,58,69)(H,59,71)(H,60,70)/t32-,33+,34-,35+,39+,40-,41-,42+,43-,44+,46+,47-,49-/m0/s1. The molecule has 0 saturated carbocycles. The van der Waals surface area contributed by atoms with Crippen molar-refractivity contribution >= 4 is 59.1 Å². The van der Waals surface area contributed by atoms with Gasteiger partial charge >= 0.3 is 11.9 Å². The molecule has 440 valence electrons. The number of aliphatic hydroxyl groups excluding tert-OH is 2. The lowest BCUT2D eigenvalue weighted by atomic mass is 9.91. The van der Waals surface area contributed by atoms with E-state index >= 15 is 9.59 Å². The maximum Gasteiger partial charge on any atom is 0.329 e. The number of likely N-dealkylation sites (N-methyl/N-ethyl adjacent to an activating group) is 1. The molecule has 0 spiro atoms. The number of fused-ring (bicyclic) bond motifs is 3. The second kappa shape index (κ2) is 27.8. The van der Waals surface area contributed by atoms with Crippen molar-refractivity contribution in [3.05, 3.63) is 29.3 Å². The molecule has 5 N–H and O–H groups in total. The van der Waals surface area contributed by atoms with Crippen molar-refractivity contribution in [3.63, 3.8) is 0 Å². The monoisotopic (exact) mass is 1110 g/mol. The molecule has 22 nitrogen and oxygen atoms in total. The molecule has 0 unspecified atom stereocenters. The van der Waals surface area contributed by atoms with Crippen LogP contribution in [0.15, 0.2) is 18.2 Å². The number of nitrogens with one attached hydrogen (secondary N) is 3. The van der Waals surface area contributed by atoms with Crippen LogP contribution in [0.5, 0.6) is 5.75 Å². The molecular formula is C57H87N7O15. The predicted molar refractivity (Wildman–Crippen MR) is 288 cm³/mol. The molecule has 13 atom stereocenters. The second-order valence-electron chi connectivity index (χ2n) is 23.3. The third kappa shape index (κ3) is 15.4. The lowest BCUT2D eigenvalue weighted by molar-refractivity contribution is -0.164. The number of esters is 2. The van der Waals surface area contributed by atoms with Crippen molar-refractivity contribution in [1.29, 1.82) is 0 Å². The Labute approximate surface area is 464 Å². The first-order valence-corrected chi connectivity index (χ1v) is 28.2. The molecular weight excluding hydrogens is 1020 g/mol. The Balaban J connectivity index is 1.63. The van der Waals surface area contributed by atoms with Crippen LogP contribution in [0.25, 0.3) is 0 Å². The zero-order valence-corrected chi connectivity index (χ0v) is 48.4. The van der Waals surface area contributed by atoms with Crippen LogP contribution in [-0.2, 0) is 70.4 Å². The molecule has 22 heteroatoms. The molecule has 0 radical (unpaired) electrons. The fraction of sp³-hybridized carbons (Fsp3) is 0.719. The number of carbonyl (C=O) groups excluding carboxylic acids is 10. The zero-order valence-electron chi connectivity index (χ0n) is 48.4. The molecule has 4 heterocycles. The van der Waals surface area contributed by atoms with Gasteiger partial charge in [0.05, 0.1) is 31.6 Å². The topological polar surface area (TPSA) is 288 Å². The molecule has 0 aliphatic carbocycles. The molecule has 0 aromatic heterocycles. The normalized spacial score (nSPS) is 28.2. The van der Waals surface area contributed by atoms with E-state index in [1.807, 2.05) is 27.7 Å². The Morgan fingerprint density at radius 1 is 0.835 bits per heavy atom. The van der Waals surface area contributed by atoms with Crippen molar-refractivity contribution in [2.24, 2.45) is 29.6 Å². The smallest absolute Gasteiger partial charge is 0.329 e. The largest absolute Gasteiger partial charge is 0.497 e. The number of benzene rings is 1. The number of likely N-dealkylation sites (tertiary alicyclic amines) is 1. The maximum atomic E-state index is 15.2. The van der Waals surface area contributed by atoms with Crippen LogP contribution in [0.1, 0.15) is 139 Å². The van der Waals surface area contributed by atoms with Crippen LogP contribution in [0.2, 0.25) is 0 Å². The Kier molecular flexibility index (Phi) is 22.4. The van der Waals surface area contributed by atoms with E-state index in [2.05, 4.69) is 16.0 Å². The number of aliphatic hydroxyl groups is 2. The van der Waals surface area contributed by atoms with Crippen molar-refractivity contribution in [2.45, 2.75) is 207 Å². The van der Waals surface area contributed by atoms with Gasteiger partial charge in [0.15, 0.2) is 11.9 Å². The third-order valence-electron chi connectivity index (χ3n) is 15.9. The minimum Gasteiger partial charge on any atom is -0.497 e. The summed E-state index contributed by atoms with van der Waals surface area (Å²) in [6.07, 6.45) is -4.85. The minimum atomic E-state index is -1.75. The van der Waals surface area contributed by atoms with Gasteiger partial charge in [-0.1, -0.05) is 67.9 Å². The second-order valence-corrected chi connectivity index (χ2v) is 23.3. The van der Waals surface area contributed by atoms with Crippen LogP contribution < -0.4 is 20.7 Å². The number of cyclic esters (lactones) is 2. The van der Waals surface area contributed by atoms with Crippen molar-refractivity contribution in [2.75, 3.05) is 27.2 Å². The Bertz CT molecular complexity index is 2410. The number of Topliss-reactive ketones (excluding diaryl/α,β-unsaturated/α-hetero) is 1. The van der Waals surface area contributed by atoms with Crippen molar-refractivity contribution < 1.29 is 72.4 Å². The summed E-state index contributed by atoms with van der Waals surface area (Å²) in [7, 11) is 2.90. The summed E-state index contributed by atoms with van der Waals surface area (Å²) in [6, 6.07) is -3.58. The first-order valence-electron chi connectivity index (χ1n) is 28.2. The highest BCUT2D eigenvalue weighted by atomic mass is 16.6. The zero-order chi connectivity index (χ0) is 58.9. The number of amides is 7. The number of methoxy groups -OCH3 is 1. The molecule has 79 heavy (non-hydrogen) atoms. The summed E-state index contributed by atoms with van der Waals surface area (Å²) in [4.78, 5) is 149. The molecule has 1 aromatic carbocycles. The average Bonchev–Trinajstić information content (AvgIpc) is 4.12. The molecule has 7 amide bonds. The minimum absolute atomic E-state index is 0.0622. The third-order valence-corrected chi connectivity index (χ3v) is 15.9. The van der Waals surface area contributed by atoms with Gasteiger partial charge < -0.3 is 60.0 Å². The van der Waals surface area contributed by atoms with Crippen LogP contribution in [0.3, 0.4) is 0 Å². The summed E-state index contributed by atoms with van der Waals surface area (Å²) in [5, 5.41) is 30.3. The number of nitrogens with zero attached hydrogens (tertiary/aromatic N) is 4. The van der Waals surface area contributed by atoms with Gasteiger partial charge in [-0.2, -0.15) is 0 Å². The number of hydrogen-bond acceptors (Lipinski definition) is 15. The number of hydrogen-bond donors (Lipinski definition) is 5. The van der Waals surface area contributed by atoms with Gasteiger partial charge in [-0.05, 0) is 106 Å². The van der Waals surface area contributed by atoms with Gasteiger partial charge in [0, 0.05) is 33.1 Å².